The number of thiophene rings is 1. The van der Waals surface area contributed by atoms with Crippen LogP contribution in [0.15, 0.2) is 15.9 Å². The molecule has 0 bridgehead atoms. The van der Waals surface area contributed by atoms with Crippen molar-refractivity contribution in [3.8, 4) is 10.7 Å². The Balaban J connectivity index is 2.57. The number of rotatable bonds is 1. The summed E-state index contributed by atoms with van der Waals surface area (Å²) < 4.78 is 1.51. The van der Waals surface area contributed by atoms with Gasteiger partial charge in [-0.1, -0.05) is 0 Å². The molecule has 6 heteroatoms. The molecule has 2 aromatic heterocycles. The third-order valence-electron chi connectivity index (χ3n) is 1.33. The fourth-order valence-electron chi connectivity index (χ4n) is 0.840. The first-order chi connectivity index (χ1) is 5.77. The second-order valence-corrected chi connectivity index (χ2v) is 4.27. The van der Waals surface area contributed by atoms with Crippen LogP contribution in [-0.4, -0.2) is 15.2 Å². The lowest BCUT2D eigenvalue weighted by Crippen LogP contribution is -1.75. The van der Waals surface area contributed by atoms with E-state index in [1.165, 1.54) is 0 Å². The predicted molar refractivity (Wildman–Crippen MR) is 54.8 cm³/mol. The van der Waals surface area contributed by atoms with Crippen LogP contribution in [0.3, 0.4) is 0 Å². The van der Waals surface area contributed by atoms with Gasteiger partial charge in [-0.15, -0.1) is 11.3 Å². The summed E-state index contributed by atoms with van der Waals surface area (Å²) in [6.45, 7) is 0. The van der Waals surface area contributed by atoms with E-state index in [2.05, 4.69) is 31.1 Å². The summed E-state index contributed by atoms with van der Waals surface area (Å²) in [4.78, 5) is 5.16. The Bertz CT molecular complexity index is 441. The van der Waals surface area contributed by atoms with Crippen LogP contribution >= 0.6 is 39.5 Å². The summed E-state index contributed by atoms with van der Waals surface area (Å²) in [5.74, 6) is 0.780. The summed E-state index contributed by atoms with van der Waals surface area (Å²) in [7, 11) is 0. The third kappa shape index (κ3) is 1.37. The average Bonchev–Trinajstić information content (AvgIpc) is 2.58. The lowest BCUT2D eigenvalue weighted by atomic mass is 10.4. The topological polar surface area (TPSA) is 44.5 Å². The van der Waals surface area contributed by atoms with Gasteiger partial charge >= 0.3 is 0 Å². The van der Waals surface area contributed by atoms with Crippen molar-refractivity contribution in [1.29, 1.82) is 0 Å². The Morgan fingerprint density at radius 2 is 2.33 bits per heavy atom. The molecule has 0 aliphatic heterocycles. The second-order valence-electron chi connectivity index (χ2n) is 2.11. The Hall–Kier alpha value is -0.460. The highest BCUT2D eigenvalue weighted by Gasteiger charge is 2.06. The number of aromatic amines is 2. The van der Waals surface area contributed by atoms with E-state index >= 15 is 0 Å². The normalized spacial score (nSPS) is 10.4. The predicted octanol–water partition coefficient (Wildman–Crippen LogP) is 2.96. The van der Waals surface area contributed by atoms with Gasteiger partial charge in [-0.05, 0) is 39.6 Å². The smallest absolute Gasteiger partial charge is 0.213 e. The molecule has 0 radical (unpaired) electrons. The van der Waals surface area contributed by atoms with Gasteiger partial charge in [-0.25, -0.2) is 0 Å². The number of nitrogens with zero attached hydrogens (tertiary/aromatic N) is 1. The van der Waals surface area contributed by atoms with Gasteiger partial charge < -0.3 is 0 Å². The second kappa shape index (κ2) is 3.12. The molecular weight excluding hydrogens is 258 g/mol. The van der Waals surface area contributed by atoms with Gasteiger partial charge in [0.15, 0.2) is 5.82 Å². The van der Waals surface area contributed by atoms with E-state index in [9.17, 15) is 0 Å². The van der Waals surface area contributed by atoms with Crippen molar-refractivity contribution in [3.05, 3.63) is 20.7 Å². The van der Waals surface area contributed by atoms with Gasteiger partial charge in [0.25, 0.3) is 0 Å². The number of aromatic nitrogens is 3. The molecular formula is C6H4BrN3S2. The van der Waals surface area contributed by atoms with Crippen LogP contribution in [0.5, 0.6) is 0 Å². The maximum Gasteiger partial charge on any atom is 0.213 e. The molecule has 0 fully saturated rings. The zero-order valence-corrected chi connectivity index (χ0v) is 9.02. The molecule has 0 aromatic carbocycles. The van der Waals surface area contributed by atoms with Gasteiger partial charge in [-0.2, -0.15) is 4.98 Å². The van der Waals surface area contributed by atoms with Gasteiger partial charge in [0.2, 0.25) is 4.77 Å². The maximum absolute atomic E-state index is 4.84. The summed E-state index contributed by atoms with van der Waals surface area (Å²) in [6.07, 6.45) is 0. The number of hydrogen-bond donors (Lipinski definition) is 2. The van der Waals surface area contributed by atoms with E-state index < -0.39 is 0 Å². The van der Waals surface area contributed by atoms with Crippen LogP contribution < -0.4 is 0 Å². The highest BCUT2D eigenvalue weighted by atomic mass is 79.9. The van der Waals surface area contributed by atoms with Crippen LogP contribution in [-0.2, 0) is 0 Å². The number of hydrogen-bond acceptors (Lipinski definition) is 3. The molecule has 2 N–H and O–H groups in total. The Morgan fingerprint density at radius 3 is 2.83 bits per heavy atom. The van der Waals surface area contributed by atoms with E-state index in [1.54, 1.807) is 11.3 Å². The van der Waals surface area contributed by atoms with Gasteiger partial charge in [0.05, 0.1) is 4.88 Å². The van der Waals surface area contributed by atoms with Gasteiger partial charge in [-0.3, -0.25) is 10.2 Å². The van der Waals surface area contributed by atoms with Gasteiger partial charge in [0, 0.05) is 4.47 Å². The molecule has 0 amide bonds. The van der Waals surface area contributed by atoms with E-state index in [4.69, 9.17) is 12.2 Å². The molecule has 0 aliphatic carbocycles. The minimum absolute atomic E-state index is 0.477. The molecule has 0 atom stereocenters. The fraction of sp³-hybridized carbons (Fsp3) is 0. The fourth-order valence-corrected chi connectivity index (χ4v) is 2.49. The Kier molecular flexibility index (Phi) is 2.12. The molecule has 0 spiro atoms. The van der Waals surface area contributed by atoms with Crippen LogP contribution in [0, 0.1) is 4.77 Å². The lowest BCUT2D eigenvalue weighted by Gasteiger charge is -1.88. The van der Waals surface area contributed by atoms with Crippen molar-refractivity contribution in [1.82, 2.24) is 15.2 Å². The standard InChI is InChI=1S/C6H4BrN3S2/c7-3-1-2-12-4(3)5-8-6(11)10-9-5/h1-2H,(H2,8,9,10,11). The van der Waals surface area contributed by atoms with Crippen LogP contribution in [0.2, 0.25) is 0 Å². The highest BCUT2D eigenvalue weighted by molar-refractivity contribution is 9.10. The summed E-state index contributed by atoms with van der Waals surface area (Å²) in [6, 6.07) is 1.98. The SMILES string of the molecule is S=c1nc(-c2sccc2Br)[nH][nH]1. The minimum atomic E-state index is 0.477. The molecule has 3 nitrogen and oxygen atoms in total. The van der Waals surface area contributed by atoms with E-state index in [0.29, 0.717) is 4.77 Å². The number of nitrogens with one attached hydrogen (secondary N) is 2. The van der Waals surface area contributed by atoms with Crippen molar-refractivity contribution in [2.45, 2.75) is 0 Å². The zero-order valence-electron chi connectivity index (χ0n) is 5.80. The molecule has 0 saturated heterocycles. The van der Waals surface area contributed by atoms with E-state index in [1.807, 2.05) is 11.4 Å². The summed E-state index contributed by atoms with van der Waals surface area (Å²) in [5, 5.41) is 7.63. The number of H-pyrrole nitrogens is 2. The molecule has 12 heavy (non-hydrogen) atoms. The monoisotopic (exact) mass is 261 g/mol. The van der Waals surface area contributed by atoms with Gasteiger partial charge in [0.1, 0.15) is 0 Å². The largest absolute Gasteiger partial charge is 0.281 e. The first-order valence-electron chi connectivity index (χ1n) is 3.15. The minimum Gasteiger partial charge on any atom is -0.281 e. The first kappa shape index (κ1) is 8.15. The molecule has 2 aromatic rings. The molecule has 2 rings (SSSR count). The molecule has 0 saturated carbocycles. The molecule has 0 aliphatic rings. The van der Waals surface area contributed by atoms with Crippen molar-refractivity contribution in [2.24, 2.45) is 0 Å². The molecule has 62 valence electrons. The van der Waals surface area contributed by atoms with Crippen LogP contribution in [0.25, 0.3) is 10.7 Å². The van der Waals surface area contributed by atoms with Crippen molar-refractivity contribution in [3.63, 3.8) is 0 Å². The number of halogens is 1. The summed E-state index contributed by atoms with van der Waals surface area (Å²) in [5.41, 5.74) is 0. The van der Waals surface area contributed by atoms with Crippen molar-refractivity contribution >= 4 is 39.5 Å². The van der Waals surface area contributed by atoms with Crippen LogP contribution in [0.4, 0.5) is 0 Å². The quantitative estimate of drug-likeness (QED) is 0.776. The maximum atomic E-state index is 4.84. The highest BCUT2D eigenvalue weighted by Crippen LogP contribution is 2.30. The lowest BCUT2D eigenvalue weighted by molar-refractivity contribution is 1.08. The first-order valence-corrected chi connectivity index (χ1v) is 5.23. The van der Waals surface area contributed by atoms with E-state index in [0.717, 1.165) is 15.2 Å². The molecule has 2 heterocycles. The van der Waals surface area contributed by atoms with Crippen molar-refractivity contribution < 1.29 is 0 Å². The van der Waals surface area contributed by atoms with Crippen LogP contribution in [0.1, 0.15) is 0 Å². The van der Waals surface area contributed by atoms with E-state index in [-0.39, 0.29) is 0 Å². The average molecular weight is 262 g/mol. The Labute approximate surface area is 86.0 Å². The zero-order chi connectivity index (χ0) is 8.55. The van der Waals surface area contributed by atoms with Crippen molar-refractivity contribution in [2.75, 3.05) is 0 Å². The Morgan fingerprint density at radius 1 is 1.50 bits per heavy atom. The summed E-state index contributed by atoms with van der Waals surface area (Å²) >= 11 is 9.87. The third-order valence-corrected chi connectivity index (χ3v) is 3.37. The molecule has 0 unspecified atom stereocenters.